The second-order valence-corrected chi connectivity index (χ2v) is 12.9. The summed E-state index contributed by atoms with van der Waals surface area (Å²) in [5, 5.41) is 18.7. The predicted octanol–water partition coefficient (Wildman–Crippen LogP) is 10.0. The summed E-state index contributed by atoms with van der Waals surface area (Å²) < 4.78 is 0. The van der Waals surface area contributed by atoms with Crippen molar-refractivity contribution in [2.24, 2.45) is 0 Å². The maximum Gasteiger partial charge on any atom is 0.164 e. The highest BCUT2D eigenvalue weighted by atomic mass is 15.0. The largest absolute Gasteiger partial charge is 0.265 e. The number of hydrogen-bond donors (Lipinski definition) is 0. The molecule has 2 heterocycles. The molecule has 0 radical (unpaired) electrons. The summed E-state index contributed by atoms with van der Waals surface area (Å²) >= 11 is 0. The van der Waals surface area contributed by atoms with Crippen molar-refractivity contribution in [3.63, 3.8) is 0 Å². The Morgan fingerprint density at radius 3 is 1.55 bits per heavy atom. The first-order valence-electron chi connectivity index (χ1n) is 17.2. The minimum atomic E-state index is -0.495. The summed E-state index contributed by atoms with van der Waals surface area (Å²) in [5.41, 5.74) is 12.4. The topological polar surface area (TPSA) is 99.1 Å². The molecule has 1 atom stereocenters. The summed E-state index contributed by atoms with van der Waals surface area (Å²) in [7, 11) is 0. The fourth-order valence-electron chi connectivity index (χ4n) is 7.53. The van der Waals surface area contributed by atoms with Crippen LogP contribution in [0.1, 0.15) is 33.4 Å². The zero-order valence-electron chi connectivity index (χ0n) is 28.3. The van der Waals surface area contributed by atoms with Crippen LogP contribution < -0.4 is 0 Å². The van der Waals surface area contributed by atoms with Gasteiger partial charge in [0.05, 0.1) is 28.7 Å². The zero-order chi connectivity index (χ0) is 35.8. The van der Waals surface area contributed by atoms with E-state index in [-0.39, 0.29) is 0 Å². The van der Waals surface area contributed by atoms with E-state index in [0.717, 1.165) is 27.8 Å². The molecule has 9 rings (SSSR count). The number of pyridine rings is 1. The molecule has 6 heteroatoms. The smallest absolute Gasteiger partial charge is 0.164 e. The van der Waals surface area contributed by atoms with Crippen molar-refractivity contribution < 1.29 is 0 Å². The molecule has 0 amide bonds. The van der Waals surface area contributed by atoms with Crippen molar-refractivity contribution in [3.8, 4) is 68.6 Å². The number of aromatic nitrogens is 4. The first kappa shape index (κ1) is 31.4. The lowest BCUT2D eigenvalue weighted by Crippen LogP contribution is -2.28. The molecule has 8 aromatic rings. The van der Waals surface area contributed by atoms with Gasteiger partial charge in [-0.3, -0.25) is 4.98 Å². The molecule has 0 bridgehead atoms. The minimum Gasteiger partial charge on any atom is -0.265 e. The number of benzene rings is 6. The van der Waals surface area contributed by atoms with Crippen molar-refractivity contribution in [2.75, 3.05) is 0 Å². The number of nitrogens with zero attached hydrogens (tertiary/aromatic N) is 6. The van der Waals surface area contributed by atoms with E-state index in [0.29, 0.717) is 28.6 Å². The molecular weight excluding hydrogens is 649 g/mol. The lowest BCUT2D eigenvalue weighted by molar-refractivity contribution is 0.766. The lowest BCUT2D eigenvalue weighted by Gasteiger charge is -2.33. The Kier molecular flexibility index (Phi) is 7.70. The van der Waals surface area contributed by atoms with Crippen molar-refractivity contribution in [1.82, 2.24) is 19.9 Å². The summed E-state index contributed by atoms with van der Waals surface area (Å²) in [6, 6.07) is 57.5. The van der Waals surface area contributed by atoms with Crippen LogP contribution in [0.2, 0.25) is 0 Å². The van der Waals surface area contributed by atoms with Crippen LogP contribution in [0.3, 0.4) is 0 Å². The molecule has 6 aromatic carbocycles. The Balaban J connectivity index is 1.18. The van der Waals surface area contributed by atoms with Gasteiger partial charge < -0.3 is 0 Å². The Hall–Kier alpha value is -7.54. The van der Waals surface area contributed by atoms with Crippen LogP contribution in [0.4, 0.5) is 0 Å². The van der Waals surface area contributed by atoms with Crippen LogP contribution >= 0.6 is 0 Å². The molecule has 6 nitrogen and oxygen atoms in total. The highest BCUT2D eigenvalue weighted by molar-refractivity contribution is 5.89. The highest BCUT2D eigenvalue weighted by Gasteiger charge is 2.46. The molecule has 0 saturated heterocycles. The van der Waals surface area contributed by atoms with E-state index in [4.69, 9.17) is 15.0 Å². The molecule has 246 valence electrons. The Bertz CT molecular complexity index is 2610. The van der Waals surface area contributed by atoms with Crippen LogP contribution in [-0.4, -0.2) is 19.9 Å². The van der Waals surface area contributed by atoms with E-state index in [9.17, 15) is 10.5 Å². The van der Waals surface area contributed by atoms with E-state index in [1.165, 1.54) is 33.4 Å². The van der Waals surface area contributed by atoms with Crippen molar-refractivity contribution in [3.05, 3.63) is 203 Å². The summed E-state index contributed by atoms with van der Waals surface area (Å²) in [4.78, 5) is 19.1. The standard InChI is InChI=1S/C47H28N6/c48-29-31-13-17-33(18-14-31)44-51-45(34-19-15-32(30-49)16-20-34)53-46(52-44)37-8-6-7-35(27-37)36-21-22-43-41(28-36)40-11-4-5-12-42(40)47(43,38-9-2-1-3-10-38)39-23-25-50-26-24-39/h1-28H. The summed E-state index contributed by atoms with van der Waals surface area (Å²) in [5.74, 6) is 1.51. The van der Waals surface area contributed by atoms with Gasteiger partial charge in [0.25, 0.3) is 0 Å². The zero-order valence-corrected chi connectivity index (χ0v) is 28.3. The monoisotopic (exact) mass is 676 g/mol. The van der Waals surface area contributed by atoms with Crippen LogP contribution in [0.5, 0.6) is 0 Å². The van der Waals surface area contributed by atoms with Gasteiger partial charge in [0.2, 0.25) is 0 Å². The average molecular weight is 677 g/mol. The van der Waals surface area contributed by atoms with Crippen LogP contribution in [0, 0.1) is 22.7 Å². The fourth-order valence-corrected chi connectivity index (χ4v) is 7.53. The van der Waals surface area contributed by atoms with Gasteiger partial charge in [0.1, 0.15) is 0 Å². The lowest BCUT2D eigenvalue weighted by atomic mass is 9.68. The first-order chi connectivity index (χ1) is 26.1. The van der Waals surface area contributed by atoms with Crippen LogP contribution in [0.25, 0.3) is 56.4 Å². The highest BCUT2D eigenvalue weighted by Crippen LogP contribution is 2.56. The van der Waals surface area contributed by atoms with Gasteiger partial charge in [-0.05, 0) is 117 Å². The Morgan fingerprint density at radius 2 is 0.906 bits per heavy atom. The van der Waals surface area contributed by atoms with E-state index < -0.39 is 5.41 Å². The molecular formula is C47H28N6. The number of rotatable bonds is 6. The Labute approximate surface area is 307 Å². The molecule has 53 heavy (non-hydrogen) atoms. The maximum atomic E-state index is 9.36. The molecule has 1 aliphatic carbocycles. The summed E-state index contributed by atoms with van der Waals surface area (Å²) in [6.07, 6.45) is 3.75. The maximum absolute atomic E-state index is 9.36. The number of fused-ring (bicyclic) bond motifs is 3. The van der Waals surface area contributed by atoms with Gasteiger partial charge in [0.15, 0.2) is 17.5 Å². The second-order valence-electron chi connectivity index (χ2n) is 12.9. The van der Waals surface area contributed by atoms with Crippen LogP contribution in [-0.2, 0) is 5.41 Å². The molecule has 0 saturated carbocycles. The van der Waals surface area contributed by atoms with Gasteiger partial charge in [-0.2, -0.15) is 10.5 Å². The third-order valence-electron chi connectivity index (χ3n) is 10.00. The summed E-state index contributed by atoms with van der Waals surface area (Å²) in [6.45, 7) is 0. The average Bonchev–Trinajstić information content (AvgIpc) is 3.54. The molecule has 1 unspecified atom stereocenters. The number of nitriles is 2. The second kappa shape index (κ2) is 13.0. The number of hydrogen-bond acceptors (Lipinski definition) is 6. The molecule has 0 N–H and O–H groups in total. The first-order valence-corrected chi connectivity index (χ1v) is 17.2. The van der Waals surface area contributed by atoms with E-state index in [1.807, 2.05) is 48.8 Å². The molecule has 0 spiro atoms. The predicted molar refractivity (Wildman–Crippen MR) is 206 cm³/mol. The molecule has 1 aliphatic rings. The van der Waals surface area contributed by atoms with E-state index in [2.05, 4.69) is 114 Å². The van der Waals surface area contributed by atoms with Crippen LogP contribution in [0.15, 0.2) is 170 Å². The quantitative estimate of drug-likeness (QED) is 0.174. The van der Waals surface area contributed by atoms with Gasteiger partial charge in [-0.15, -0.1) is 0 Å². The molecule has 2 aromatic heterocycles. The van der Waals surface area contributed by atoms with Crippen molar-refractivity contribution in [1.29, 1.82) is 10.5 Å². The van der Waals surface area contributed by atoms with E-state index in [1.54, 1.807) is 24.3 Å². The van der Waals surface area contributed by atoms with Gasteiger partial charge in [-0.1, -0.05) is 84.9 Å². The van der Waals surface area contributed by atoms with Gasteiger partial charge in [0, 0.05) is 29.1 Å². The van der Waals surface area contributed by atoms with Crippen molar-refractivity contribution >= 4 is 0 Å². The third kappa shape index (κ3) is 5.34. The SMILES string of the molecule is N#Cc1ccc(-c2nc(-c3ccc(C#N)cc3)nc(-c3cccc(-c4ccc5c(c4)-c4ccccc4C5(c4ccccc4)c4ccncc4)c3)n2)cc1. The Morgan fingerprint density at radius 1 is 0.396 bits per heavy atom. The molecule has 0 aliphatic heterocycles. The fraction of sp³-hybridized carbons (Fsp3) is 0.0213. The van der Waals surface area contributed by atoms with Gasteiger partial charge >= 0.3 is 0 Å². The van der Waals surface area contributed by atoms with Gasteiger partial charge in [-0.25, -0.2) is 15.0 Å². The normalized spacial score (nSPS) is 14.1. The molecule has 0 fully saturated rings. The third-order valence-corrected chi connectivity index (χ3v) is 10.00. The van der Waals surface area contributed by atoms with E-state index >= 15 is 0 Å². The minimum absolute atomic E-state index is 0.492. The van der Waals surface area contributed by atoms with Crippen molar-refractivity contribution in [2.45, 2.75) is 5.41 Å².